The molecule has 2 aromatic rings. The van der Waals surface area contributed by atoms with Crippen LogP contribution in [0.5, 0.6) is 0 Å². The van der Waals surface area contributed by atoms with E-state index >= 15 is 0 Å². The minimum Gasteiger partial charge on any atom is -0.334 e. The van der Waals surface area contributed by atoms with Crippen LogP contribution in [-0.2, 0) is 5.41 Å². The molecule has 3 nitrogen and oxygen atoms in total. The molecule has 23 heavy (non-hydrogen) atoms. The molecule has 0 aliphatic heterocycles. The van der Waals surface area contributed by atoms with Crippen LogP contribution in [0.25, 0.3) is 0 Å². The summed E-state index contributed by atoms with van der Waals surface area (Å²) >= 11 is 3.38. The van der Waals surface area contributed by atoms with Crippen LogP contribution in [0.3, 0.4) is 0 Å². The number of anilines is 1. The summed E-state index contributed by atoms with van der Waals surface area (Å²) in [5.74, 6) is -0.242. The van der Waals surface area contributed by atoms with Crippen molar-refractivity contribution in [3.05, 3.63) is 64.4 Å². The highest BCUT2D eigenvalue weighted by Crippen LogP contribution is 2.48. The van der Waals surface area contributed by atoms with Crippen LogP contribution in [-0.4, -0.2) is 19.1 Å². The number of urea groups is 1. The van der Waals surface area contributed by atoms with Gasteiger partial charge in [-0.3, -0.25) is 4.90 Å². The molecule has 3 rings (SSSR count). The Labute approximate surface area is 143 Å². The number of hydrogen-bond donors (Lipinski definition) is 1. The Hall–Kier alpha value is -1.88. The van der Waals surface area contributed by atoms with Gasteiger partial charge in [0.05, 0.1) is 0 Å². The average molecular weight is 377 g/mol. The van der Waals surface area contributed by atoms with E-state index in [1.165, 1.54) is 12.1 Å². The SMILES string of the molecule is CN(C(=O)NC1CC1(C)c1ccc(F)cc1)c1ccc(Br)cc1. The molecule has 0 aromatic heterocycles. The van der Waals surface area contributed by atoms with E-state index in [1.54, 1.807) is 24.1 Å². The van der Waals surface area contributed by atoms with Crippen molar-refractivity contribution in [2.45, 2.75) is 24.8 Å². The van der Waals surface area contributed by atoms with Gasteiger partial charge in [0.1, 0.15) is 5.82 Å². The van der Waals surface area contributed by atoms with Crippen LogP contribution in [0.15, 0.2) is 53.0 Å². The number of hydrogen-bond acceptors (Lipinski definition) is 1. The van der Waals surface area contributed by atoms with E-state index in [1.807, 2.05) is 24.3 Å². The van der Waals surface area contributed by atoms with E-state index in [2.05, 4.69) is 28.2 Å². The minimum absolute atomic E-state index is 0.0679. The Morgan fingerprint density at radius 2 is 1.83 bits per heavy atom. The molecule has 1 fully saturated rings. The van der Waals surface area contributed by atoms with E-state index < -0.39 is 0 Å². The molecule has 2 amide bonds. The first-order valence-corrected chi connectivity index (χ1v) is 8.25. The molecule has 2 aromatic carbocycles. The van der Waals surface area contributed by atoms with Gasteiger partial charge in [0, 0.05) is 28.7 Å². The molecule has 1 saturated carbocycles. The minimum atomic E-state index is -0.242. The molecule has 1 aliphatic rings. The zero-order valence-corrected chi connectivity index (χ0v) is 14.6. The lowest BCUT2D eigenvalue weighted by atomic mass is 9.97. The molecule has 120 valence electrons. The van der Waals surface area contributed by atoms with E-state index in [-0.39, 0.29) is 23.3 Å². The van der Waals surface area contributed by atoms with Gasteiger partial charge in [-0.15, -0.1) is 0 Å². The monoisotopic (exact) mass is 376 g/mol. The Morgan fingerprint density at radius 1 is 1.22 bits per heavy atom. The first-order chi connectivity index (χ1) is 10.9. The van der Waals surface area contributed by atoms with Crippen molar-refractivity contribution in [2.75, 3.05) is 11.9 Å². The lowest BCUT2D eigenvalue weighted by molar-refractivity contribution is 0.246. The predicted octanol–water partition coefficient (Wildman–Crippen LogP) is 4.46. The average Bonchev–Trinajstić information content (AvgIpc) is 3.19. The highest BCUT2D eigenvalue weighted by atomic mass is 79.9. The predicted molar refractivity (Wildman–Crippen MR) is 93.2 cm³/mol. The maximum Gasteiger partial charge on any atom is 0.321 e. The standard InChI is InChI=1S/C18H18BrFN2O/c1-18(12-3-7-14(20)8-4-12)11-16(18)21-17(23)22(2)15-9-5-13(19)6-10-15/h3-10,16H,11H2,1-2H3,(H,21,23). The van der Waals surface area contributed by atoms with E-state index in [0.717, 1.165) is 22.1 Å². The maximum atomic E-state index is 13.0. The third-order valence-corrected chi connectivity index (χ3v) is 5.09. The zero-order valence-electron chi connectivity index (χ0n) is 13.0. The first kappa shape index (κ1) is 16.0. The smallest absolute Gasteiger partial charge is 0.321 e. The van der Waals surface area contributed by atoms with Crippen molar-refractivity contribution in [1.29, 1.82) is 0 Å². The van der Waals surface area contributed by atoms with Gasteiger partial charge in [-0.25, -0.2) is 9.18 Å². The number of rotatable bonds is 3. The van der Waals surface area contributed by atoms with Gasteiger partial charge in [-0.05, 0) is 48.4 Å². The van der Waals surface area contributed by atoms with Crippen LogP contribution in [0.4, 0.5) is 14.9 Å². The second-order valence-corrected chi connectivity index (χ2v) is 7.08. The van der Waals surface area contributed by atoms with Crippen molar-refractivity contribution in [2.24, 2.45) is 0 Å². The normalized spacial score (nSPS) is 22.5. The van der Waals surface area contributed by atoms with Crippen LogP contribution in [0.2, 0.25) is 0 Å². The van der Waals surface area contributed by atoms with Crippen LogP contribution >= 0.6 is 15.9 Å². The Kier molecular flexibility index (Phi) is 4.15. The van der Waals surface area contributed by atoms with E-state index in [4.69, 9.17) is 0 Å². The Balaban J connectivity index is 1.65. The summed E-state index contributed by atoms with van der Waals surface area (Å²) < 4.78 is 14.0. The Morgan fingerprint density at radius 3 is 2.43 bits per heavy atom. The summed E-state index contributed by atoms with van der Waals surface area (Å²) in [6.07, 6.45) is 0.860. The number of amides is 2. The molecule has 2 atom stereocenters. The van der Waals surface area contributed by atoms with Crippen molar-refractivity contribution >= 4 is 27.6 Å². The molecule has 0 radical (unpaired) electrons. The number of nitrogens with zero attached hydrogens (tertiary/aromatic N) is 1. The second kappa shape index (κ2) is 5.96. The lowest BCUT2D eigenvalue weighted by Crippen LogP contribution is -2.40. The number of nitrogens with one attached hydrogen (secondary N) is 1. The van der Waals surface area contributed by atoms with Crippen molar-refractivity contribution in [1.82, 2.24) is 5.32 Å². The molecule has 1 aliphatic carbocycles. The van der Waals surface area contributed by atoms with Crippen LogP contribution in [0.1, 0.15) is 18.9 Å². The molecule has 0 heterocycles. The van der Waals surface area contributed by atoms with Gasteiger partial charge < -0.3 is 5.32 Å². The van der Waals surface area contributed by atoms with Crippen molar-refractivity contribution in [3.63, 3.8) is 0 Å². The van der Waals surface area contributed by atoms with Crippen molar-refractivity contribution < 1.29 is 9.18 Å². The molecule has 0 spiro atoms. The second-order valence-electron chi connectivity index (χ2n) is 6.17. The van der Waals surface area contributed by atoms with Crippen molar-refractivity contribution in [3.8, 4) is 0 Å². The highest BCUT2D eigenvalue weighted by molar-refractivity contribution is 9.10. The van der Waals surface area contributed by atoms with Gasteiger partial charge in [0.15, 0.2) is 0 Å². The van der Waals surface area contributed by atoms with Gasteiger partial charge in [0.25, 0.3) is 0 Å². The molecule has 0 saturated heterocycles. The molecular weight excluding hydrogens is 359 g/mol. The summed E-state index contributed by atoms with van der Waals surface area (Å²) in [6, 6.07) is 14.0. The van der Waals surface area contributed by atoms with Crippen LogP contribution in [0, 0.1) is 5.82 Å². The zero-order chi connectivity index (χ0) is 16.6. The largest absolute Gasteiger partial charge is 0.334 e. The van der Waals surface area contributed by atoms with E-state index in [9.17, 15) is 9.18 Å². The maximum absolute atomic E-state index is 13.0. The van der Waals surface area contributed by atoms with Gasteiger partial charge in [0.2, 0.25) is 0 Å². The van der Waals surface area contributed by atoms with Gasteiger partial charge in [-0.2, -0.15) is 0 Å². The summed E-state index contributed by atoms with van der Waals surface area (Å²) in [5, 5.41) is 3.05. The summed E-state index contributed by atoms with van der Waals surface area (Å²) in [5.41, 5.74) is 1.76. The third-order valence-electron chi connectivity index (χ3n) is 4.56. The number of carbonyl (C=O) groups is 1. The summed E-state index contributed by atoms with van der Waals surface area (Å²) in [4.78, 5) is 14.0. The number of carbonyl (C=O) groups excluding carboxylic acids is 1. The molecule has 1 N–H and O–H groups in total. The number of halogens is 2. The van der Waals surface area contributed by atoms with Gasteiger partial charge >= 0.3 is 6.03 Å². The topological polar surface area (TPSA) is 32.3 Å². The van der Waals surface area contributed by atoms with E-state index in [0.29, 0.717) is 0 Å². The molecular formula is C18H18BrFN2O. The molecule has 0 bridgehead atoms. The number of benzene rings is 2. The summed E-state index contributed by atoms with van der Waals surface area (Å²) in [6.45, 7) is 2.09. The fraction of sp³-hybridized carbons (Fsp3) is 0.278. The van der Waals surface area contributed by atoms with Crippen LogP contribution < -0.4 is 10.2 Å². The third kappa shape index (κ3) is 3.24. The highest BCUT2D eigenvalue weighted by Gasteiger charge is 2.52. The Bertz CT molecular complexity index is 717. The molecule has 2 unspecified atom stereocenters. The fourth-order valence-corrected chi connectivity index (χ4v) is 3.02. The van der Waals surface area contributed by atoms with Gasteiger partial charge in [-0.1, -0.05) is 35.0 Å². The fourth-order valence-electron chi connectivity index (χ4n) is 2.75. The lowest BCUT2D eigenvalue weighted by Gasteiger charge is -2.20. The first-order valence-electron chi connectivity index (χ1n) is 7.46. The summed E-state index contributed by atoms with van der Waals surface area (Å²) in [7, 11) is 1.75. The quantitative estimate of drug-likeness (QED) is 0.842. The molecule has 5 heteroatoms.